The first kappa shape index (κ1) is 8.58. The molecule has 0 saturated heterocycles. The molecule has 12 heavy (non-hydrogen) atoms. The van der Waals surface area contributed by atoms with E-state index in [4.69, 9.17) is 0 Å². The third kappa shape index (κ3) is 1.39. The van der Waals surface area contributed by atoms with Gasteiger partial charge in [-0.15, -0.1) is 0 Å². The Labute approximate surface area is 70.4 Å². The summed E-state index contributed by atoms with van der Waals surface area (Å²) in [5, 5.41) is 2.80. The summed E-state index contributed by atoms with van der Waals surface area (Å²) >= 11 is 0. The highest BCUT2D eigenvalue weighted by Gasteiger charge is 2.07. The minimum atomic E-state index is -0.156. The molecule has 0 aromatic carbocycles. The molecule has 0 radical (unpaired) electrons. The fourth-order valence-electron chi connectivity index (χ4n) is 0.955. The van der Waals surface area contributed by atoms with Crippen LogP contribution >= 0.6 is 0 Å². The smallest absolute Gasteiger partial charge is 0.276 e. The van der Waals surface area contributed by atoms with Crippen LogP contribution in [0.1, 0.15) is 0 Å². The van der Waals surface area contributed by atoms with E-state index in [9.17, 15) is 4.79 Å². The normalized spacial score (nSPS) is 9.58. The van der Waals surface area contributed by atoms with Gasteiger partial charge in [0.2, 0.25) is 0 Å². The Morgan fingerprint density at radius 1 is 1.58 bits per heavy atom. The minimum absolute atomic E-state index is 0.156. The van der Waals surface area contributed by atoms with Crippen molar-refractivity contribution in [3.63, 3.8) is 0 Å². The zero-order valence-electron chi connectivity index (χ0n) is 7.38. The molecule has 0 bridgehead atoms. The summed E-state index contributed by atoms with van der Waals surface area (Å²) < 4.78 is 0. The van der Waals surface area contributed by atoms with E-state index in [1.54, 1.807) is 11.9 Å². The van der Waals surface area contributed by atoms with Crippen LogP contribution in [0.25, 0.3) is 0 Å². The van der Waals surface area contributed by atoms with Crippen LogP contribution in [-0.4, -0.2) is 31.1 Å². The SMILES string of the molecule is CNc1c(N(C)C)nc[nH]c1=O. The summed E-state index contributed by atoms with van der Waals surface area (Å²) in [4.78, 5) is 19.5. The van der Waals surface area contributed by atoms with Gasteiger partial charge in [-0.05, 0) is 0 Å². The molecule has 0 fully saturated rings. The molecular weight excluding hydrogens is 156 g/mol. The third-order valence-corrected chi connectivity index (χ3v) is 1.51. The van der Waals surface area contributed by atoms with Gasteiger partial charge in [0.15, 0.2) is 5.82 Å². The molecule has 5 heteroatoms. The number of hydrogen-bond acceptors (Lipinski definition) is 4. The van der Waals surface area contributed by atoms with E-state index < -0.39 is 0 Å². The van der Waals surface area contributed by atoms with Gasteiger partial charge in [-0.25, -0.2) is 4.98 Å². The van der Waals surface area contributed by atoms with Gasteiger partial charge in [0.25, 0.3) is 5.56 Å². The van der Waals surface area contributed by atoms with E-state index in [1.807, 2.05) is 14.1 Å². The van der Waals surface area contributed by atoms with Crippen molar-refractivity contribution >= 4 is 11.5 Å². The number of nitrogens with one attached hydrogen (secondary N) is 2. The molecule has 1 rings (SSSR count). The highest BCUT2D eigenvalue weighted by Crippen LogP contribution is 2.13. The molecule has 0 saturated carbocycles. The molecule has 0 unspecified atom stereocenters. The topological polar surface area (TPSA) is 61.0 Å². The van der Waals surface area contributed by atoms with Crippen molar-refractivity contribution in [2.45, 2.75) is 0 Å². The molecule has 0 aliphatic rings. The minimum Gasteiger partial charge on any atom is -0.381 e. The predicted octanol–water partition coefficient (Wildman–Crippen LogP) is -0.122. The van der Waals surface area contributed by atoms with E-state index in [0.29, 0.717) is 11.5 Å². The average Bonchev–Trinajstić information content (AvgIpc) is 2.03. The second-order valence-electron chi connectivity index (χ2n) is 2.57. The molecule has 2 N–H and O–H groups in total. The van der Waals surface area contributed by atoms with Crippen molar-refractivity contribution in [3.05, 3.63) is 16.7 Å². The van der Waals surface area contributed by atoms with Gasteiger partial charge < -0.3 is 15.2 Å². The summed E-state index contributed by atoms with van der Waals surface area (Å²) in [7, 11) is 5.37. The van der Waals surface area contributed by atoms with Gasteiger partial charge >= 0.3 is 0 Å². The maximum absolute atomic E-state index is 11.2. The van der Waals surface area contributed by atoms with Crippen LogP contribution in [0.3, 0.4) is 0 Å². The second kappa shape index (κ2) is 3.25. The molecule has 5 nitrogen and oxygen atoms in total. The third-order valence-electron chi connectivity index (χ3n) is 1.51. The van der Waals surface area contributed by atoms with Crippen LogP contribution in [0.4, 0.5) is 11.5 Å². The number of anilines is 2. The van der Waals surface area contributed by atoms with Crippen LogP contribution in [0.15, 0.2) is 11.1 Å². The van der Waals surface area contributed by atoms with Gasteiger partial charge in [-0.1, -0.05) is 0 Å². The number of hydrogen-bond donors (Lipinski definition) is 2. The van der Waals surface area contributed by atoms with E-state index in [0.717, 1.165) is 0 Å². The van der Waals surface area contributed by atoms with Crippen molar-refractivity contribution in [1.29, 1.82) is 0 Å². The maximum Gasteiger partial charge on any atom is 0.276 e. The highest BCUT2D eigenvalue weighted by atomic mass is 16.1. The largest absolute Gasteiger partial charge is 0.381 e. The molecule has 0 amide bonds. The lowest BCUT2D eigenvalue weighted by molar-refractivity contribution is 1.02. The number of H-pyrrole nitrogens is 1. The molecule has 0 spiro atoms. The van der Waals surface area contributed by atoms with Crippen LogP contribution in [-0.2, 0) is 0 Å². The monoisotopic (exact) mass is 168 g/mol. The zero-order valence-corrected chi connectivity index (χ0v) is 7.38. The Kier molecular flexibility index (Phi) is 2.32. The van der Waals surface area contributed by atoms with Crippen molar-refractivity contribution in [2.75, 3.05) is 31.4 Å². The molecule has 0 aliphatic heterocycles. The summed E-state index contributed by atoms with van der Waals surface area (Å²) in [5.74, 6) is 0.640. The molecule has 1 heterocycles. The van der Waals surface area contributed by atoms with Crippen LogP contribution in [0.5, 0.6) is 0 Å². The van der Waals surface area contributed by atoms with E-state index >= 15 is 0 Å². The second-order valence-corrected chi connectivity index (χ2v) is 2.57. The van der Waals surface area contributed by atoms with Gasteiger partial charge in [0.1, 0.15) is 5.69 Å². The fourth-order valence-corrected chi connectivity index (χ4v) is 0.955. The van der Waals surface area contributed by atoms with E-state index in [2.05, 4.69) is 15.3 Å². The van der Waals surface area contributed by atoms with E-state index in [1.165, 1.54) is 6.33 Å². The highest BCUT2D eigenvalue weighted by molar-refractivity contribution is 5.62. The molecule has 1 aromatic rings. The lowest BCUT2D eigenvalue weighted by atomic mass is 10.4. The Bertz CT molecular complexity index is 317. The summed E-state index contributed by atoms with van der Waals surface area (Å²) in [6.45, 7) is 0. The van der Waals surface area contributed by atoms with Gasteiger partial charge in [0.05, 0.1) is 6.33 Å². The molecular formula is C7H12N4O. The average molecular weight is 168 g/mol. The van der Waals surface area contributed by atoms with Crippen LogP contribution in [0.2, 0.25) is 0 Å². The lowest BCUT2D eigenvalue weighted by Gasteiger charge is -2.13. The standard InChI is InChI=1S/C7H12N4O/c1-8-5-6(11(2)3)9-4-10-7(5)12/h4,8H,1-3H3,(H,9,10,12). The summed E-state index contributed by atoms with van der Waals surface area (Å²) in [5.41, 5.74) is 0.332. The number of aromatic nitrogens is 2. The Balaban J connectivity index is 3.28. The van der Waals surface area contributed by atoms with Gasteiger partial charge in [-0.2, -0.15) is 0 Å². The quantitative estimate of drug-likeness (QED) is 0.646. The first-order chi connectivity index (χ1) is 5.66. The Hall–Kier alpha value is -1.52. The first-order valence-electron chi connectivity index (χ1n) is 3.59. The molecule has 0 aliphatic carbocycles. The lowest BCUT2D eigenvalue weighted by Crippen LogP contribution is -2.20. The summed E-state index contributed by atoms with van der Waals surface area (Å²) in [6, 6.07) is 0. The zero-order chi connectivity index (χ0) is 9.14. The van der Waals surface area contributed by atoms with Crippen molar-refractivity contribution in [3.8, 4) is 0 Å². The maximum atomic E-state index is 11.2. The van der Waals surface area contributed by atoms with E-state index in [-0.39, 0.29) is 5.56 Å². The van der Waals surface area contributed by atoms with Crippen molar-refractivity contribution in [1.82, 2.24) is 9.97 Å². The van der Waals surface area contributed by atoms with Gasteiger partial charge in [-0.3, -0.25) is 4.79 Å². The van der Waals surface area contributed by atoms with Crippen LogP contribution in [0, 0.1) is 0 Å². The fraction of sp³-hybridized carbons (Fsp3) is 0.429. The molecule has 0 atom stereocenters. The van der Waals surface area contributed by atoms with Crippen LogP contribution < -0.4 is 15.8 Å². The van der Waals surface area contributed by atoms with Crippen molar-refractivity contribution in [2.24, 2.45) is 0 Å². The first-order valence-corrected chi connectivity index (χ1v) is 3.59. The predicted molar refractivity (Wildman–Crippen MR) is 48.7 cm³/mol. The van der Waals surface area contributed by atoms with Crippen molar-refractivity contribution < 1.29 is 0 Å². The Morgan fingerprint density at radius 2 is 2.25 bits per heavy atom. The number of rotatable bonds is 2. The molecule has 1 aromatic heterocycles. The Morgan fingerprint density at radius 3 is 2.67 bits per heavy atom. The molecule has 66 valence electrons. The van der Waals surface area contributed by atoms with Gasteiger partial charge in [0, 0.05) is 21.1 Å². The number of nitrogens with zero attached hydrogens (tertiary/aromatic N) is 2. The summed E-state index contributed by atoms with van der Waals surface area (Å²) in [6.07, 6.45) is 1.39. The number of aromatic amines is 1.